The zero-order valence-electron chi connectivity index (χ0n) is 22.8. The van der Waals surface area contributed by atoms with Gasteiger partial charge in [-0.1, -0.05) is 54.6 Å². The van der Waals surface area contributed by atoms with E-state index in [1.165, 1.54) is 33.5 Å². The van der Waals surface area contributed by atoms with E-state index in [0.717, 1.165) is 52.8 Å². The monoisotopic (exact) mass is 594 g/mol. The minimum atomic E-state index is -0.600. The molecule has 0 spiro atoms. The Bertz CT molecular complexity index is 1660. The molecule has 1 aromatic heterocycles. The Morgan fingerprint density at radius 2 is 1.73 bits per heavy atom. The molecule has 0 amide bonds. The molecule has 5 atom stereocenters. The van der Waals surface area contributed by atoms with Crippen LogP contribution < -0.4 is 21.7 Å². The van der Waals surface area contributed by atoms with Crippen molar-refractivity contribution in [2.75, 3.05) is 20.2 Å². The molecule has 4 aromatic carbocycles. The molecule has 0 radical (unpaired) electrons. The molecule has 0 aliphatic carbocycles. The Labute approximate surface area is 246 Å². The van der Waals surface area contributed by atoms with E-state index in [0.29, 0.717) is 11.8 Å². The van der Waals surface area contributed by atoms with Crippen LogP contribution in [0.3, 0.4) is 0 Å². The molecule has 4 heterocycles. The van der Waals surface area contributed by atoms with Gasteiger partial charge in [0.2, 0.25) is 0 Å². The lowest BCUT2D eigenvalue weighted by Crippen LogP contribution is -3.00. The predicted octanol–water partition coefficient (Wildman–Crippen LogP) is 4.20. The molecule has 204 valence electrons. The van der Waals surface area contributed by atoms with E-state index in [9.17, 15) is 5.11 Å². The Balaban J connectivity index is 0.00000289. The predicted molar refractivity (Wildman–Crippen MR) is 159 cm³/mol. The fourth-order valence-corrected chi connectivity index (χ4v) is 7.71. The molecule has 3 fully saturated rings. The van der Waals surface area contributed by atoms with Crippen LogP contribution >= 0.6 is 0 Å². The van der Waals surface area contributed by atoms with Crippen molar-refractivity contribution in [3.8, 4) is 5.75 Å². The van der Waals surface area contributed by atoms with Crippen LogP contribution in [-0.2, 0) is 6.54 Å². The van der Waals surface area contributed by atoms with Crippen LogP contribution in [0, 0.1) is 11.8 Å². The number of pyridine rings is 1. The van der Waals surface area contributed by atoms with Crippen LogP contribution in [-0.4, -0.2) is 40.8 Å². The van der Waals surface area contributed by atoms with E-state index in [1.807, 2.05) is 30.5 Å². The molecular formula is C35H35BrN2O2. The number of methoxy groups -OCH3 is 1. The molecule has 2 bridgehead atoms. The number of aliphatic hydroxyl groups excluding tert-OH is 1. The summed E-state index contributed by atoms with van der Waals surface area (Å²) in [6, 6.07) is 27.9. The van der Waals surface area contributed by atoms with Crippen LogP contribution in [0.2, 0.25) is 0 Å². The second-order valence-electron chi connectivity index (χ2n) is 11.6. The minimum Gasteiger partial charge on any atom is -1.00 e. The first kappa shape index (κ1) is 26.9. The second kappa shape index (κ2) is 10.6. The number of fused-ring (bicyclic) bond motifs is 6. The molecule has 3 aliphatic rings. The summed E-state index contributed by atoms with van der Waals surface area (Å²) in [4.78, 5) is 4.59. The van der Waals surface area contributed by atoms with E-state index >= 15 is 0 Å². The maximum absolute atomic E-state index is 12.2. The van der Waals surface area contributed by atoms with Crippen molar-refractivity contribution in [3.63, 3.8) is 0 Å². The van der Waals surface area contributed by atoms with Crippen LogP contribution in [0.25, 0.3) is 32.4 Å². The average molecular weight is 596 g/mol. The van der Waals surface area contributed by atoms with Crippen molar-refractivity contribution in [2.45, 2.75) is 31.5 Å². The fraction of sp³-hybridized carbons (Fsp3) is 0.286. The maximum Gasteiger partial charge on any atom is 0.131 e. The van der Waals surface area contributed by atoms with Gasteiger partial charge < -0.3 is 31.3 Å². The van der Waals surface area contributed by atoms with Gasteiger partial charge in [-0.25, -0.2) is 0 Å². The minimum absolute atomic E-state index is 0. The fourth-order valence-electron chi connectivity index (χ4n) is 7.71. The Hall–Kier alpha value is -3.25. The van der Waals surface area contributed by atoms with E-state index in [2.05, 4.69) is 72.2 Å². The van der Waals surface area contributed by atoms with E-state index in [1.54, 1.807) is 7.11 Å². The lowest BCUT2D eigenvalue weighted by atomic mass is 9.71. The highest BCUT2D eigenvalue weighted by atomic mass is 79.9. The lowest BCUT2D eigenvalue weighted by molar-refractivity contribution is -0.984. The summed E-state index contributed by atoms with van der Waals surface area (Å²) in [7, 11) is 1.68. The van der Waals surface area contributed by atoms with Gasteiger partial charge in [-0.3, -0.25) is 4.98 Å². The molecule has 40 heavy (non-hydrogen) atoms. The van der Waals surface area contributed by atoms with Gasteiger partial charge in [0.05, 0.1) is 25.7 Å². The summed E-state index contributed by atoms with van der Waals surface area (Å²) < 4.78 is 6.41. The third-order valence-corrected chi connectivity index (χ3v) is 9.70. The van der Waals surface area contributed by atoms with Gasteiger partial charge in [0, 0.05) is 35.9 Å². The smallest absolute Gasteiger partial charge is 0.131 e. The molecule has 4 unspecified atom stereocenters. The summed E-state index contributed by atoms with van der Waals surface area (Å²) in [5.74, 6) is 1.82. The van der Waals surface area contributed by atoms with E-state index < -0.39 is 6.10 Å². The van der Waals surface area contributed by atoms with Crippen LogP contribution in [0.5, 0.6) is 5.75 Å². The van der Waals surface area contributed by atoms with E-state index in [-0.39, 0.29) is 23.0 Å². The summed E-state index contributed by atoms with van der Waals surface area (Å²) in [5, 5.41) is 18.4. The van der Waals surface area contributed by atoms with Crippen molar-refractivity contribution in [3.05, 3.63) is 109 Å². The van der Waals surface area contributed by atoms with Gasteiger partial charge >= 0.3 is 0 Å². The second-order valence-corrected chi connectivity index (χ2v) is 11.6. The first-order valence-corrected chi connectivity index (χ1v) is 14.1. The van der Waals surface area contributed by atoms with Gasteiger partial charge in [0.15, 0.2) is 0 Å². The zero-order valence-corrected chi connectivity index (χ0v) is 24.4. The largest absolute Gasteiger partial charge is 1.00 e. The molecule has 5 heteroatoms. The van der Waals surface area contributed by atoms with Crippen molar-refractivity contribution in [1.29, 1.82) is 0 Å². The number of halogens is 1. The third-order valence-electron chi connectivity index (χ3n) is 9.70. The van der Waals surface area contributed by atoms with Crippen LogP contribution in [0.4, 0.5) is 0 Å². The number of benzene rings is 4. The van der Waals surface area contributed by atoms with Crippen LogP contribution in [0.1, 0.15) is 30.1 Å². The zero-order chi connectivity index (χ0) is 26.6. The van der Waals surface area contributed by atoms with Crippen molar-refractivity contribution in [1.82, 2.24) is 4.98 Å². The number of ether oxygens (including phenoxy) is 1. The van der Waals surface area contributed by atoms with Crippen LogP contribution in [0.15, 0.2) is 97.7 Å². The number of aromatic nitrogens is 1. The Kier molecular flexibility index (Phi) is 7.16. The molecular weight excluding hydrogens is 560 g/mol. The average Bonchev–Trinajstić information content (AvgIpc) is 3.00. The maximum atomic E-state index is 12.2. The molecule has 1 N–H and O–H groups in total. The van der Waals surface area contributed by atoms with Gasteiger partial charge in [-0.05, 0) is 63.4 Å². The highest BCUT2D eigenvalue weighted by molar-refractivity contribution is 6.02. The summed E-state index contributed by atoms with van der Waals surface area (Å²) >= 11 is 0. The standard InChI is InChI=1S/C35H35N2O2.BrH/c1-3-23-21-37(22-32-28-10-6-4-8-25(28)18-26-9-5-7-11-29(26)32)17-15-24(23)19-34(37)35(38)30-14-16-36-33-13-12-27(39-2)20-31(30)33;/h3-14,16,18,20,23-24,34-35,38H,1,15,17,19,21-22H2,2H3;1H/q+1;/p-1/t23?,24?,34-,35?,37?;/m0./s1. The summed E-state index contributed by atoms with van der Waals surface area (Å²) in [6.07, 6.45) is 5.58. The summed E-state index contributed by atoms with van der Waals surface area (Å²) in [5.41, 5.74) is 3.23. The molecule has 5 aromatic rings. The SMILES string of the molecule is C=CC1C[N+]2(Cc3c4ccccc4cc4ccccc34)CCC1C[C@H]2C(O)c1ccnc2ccc(OC)cc12.[Br-]. The summed E-state index contributed by atoms with van der Waals surface area (Å²) in [6.45, 7) is 7.21. The van der Waals surface area contributed by atoms with Crippen molar-refractivity contribution >= 4 is 32.4 Å². The number of nitrogens with zero attached hydrogens (tertiary/aromatic N) is 2. The first-order chi connectivity index (χ1) is 19.1. The highest BCUT2D eigenvalue weighted by Crippen LogP contribution is 2.49. The number of rotatable bonds is 6. The quantitative estimate of drug-likeness (QED) is 0.182. The third kappa shape index (κ3) is 4.32. The highest BCUT2D eigenvalue weighted by Gasteiger charge is 2.54. The van der Waals surface area contributed by atoms with E-state index in [4.69, 9.17) is 4.74 Å². The number of hydrogen-bond acceptors (Lipinski definition) is 3. The Morgan fingerprint density at radius 1 is 1.00 bits per heavy atom. The number of aliphatic hydroxyl groups is 1. The normalized spacial score (nSPS) is 24.6. The van der Waals surface area contributed by atoms with Gasteiger partial charge in [0.25, 0.3) is 0 Å². The van der Waals surface area contributed by atoms with Gasteiger partial charge in [-0.15, -0.1) is 6.58 Å². The lowest BCUT2D eigenvalue weighted by Gasteiger charge is -2.58. The molecule has 0 saturated carbocycles. The van der Waals surface area contributed by atoms with Crippen molar-refractivity contribution < 1.29 is 31.3 Å². The number of piperidine rings is 3. The molecule has 4 nitrogen and oxygen atoms in total. The first-order valence-electron chi connectivity index (χ1n) is 14.1. The number of quaternary nitrogens is 1. The molecule has 3 saturated heterocycles. The number of hydrogen-bond donors (Lipinski definition) is 1. The molecule has 3 aliphatic heterocycles. The molecule has 8 rings (SSSR count). The van der Waals surface area contributed by atoms with Gasteiger partial charge in [0.1, 0.15) is 24.4 Å². The van der Waals surface area contributed by atoms with Gasteiger partial charge in [-0.2, -0.15) is 0 Å². The Morgan fingerprint density at radius 3 is 2.42 bits per heavy atom. The van der Waals surface area contributed by atoms with Crippen molar-refractivity contribution in [2.24, 2.45) is 11.8 Å². The topological polar surface area (TPSA) is 42.4 Å².